The number of alkyl halides is 3. The maximum atomic E-state index is 13.5. The Morgan fingerprint density at radius 1 is 1.00 bits per heavy atom. The first-order chi connectivity index (χ1) is 10.4. The molecule has 2 rings (SSSR count). The van der Waals surface area contributed by atoms with Gasteiger partial charge in [-0.3, -0.25) is 0 Å². The van der Waals surface area contributed by atoms with Gasteiger partial charge in [0.1, 0.15) is 0 Å². The van der Waals surface area contributed by atoms with Crippen LogP contribution in [0.25, 0.3) is 0 Å². The smallest absolute Gasteiger partial charge is 0.416 e. The van der Waals surface area contributed by atoms with E-state index in [1.807, 2.05) is 0 Å². The molecule has 0 amide bonds. The molecule has 0 aromatic heterocycles. The van der Waals surface area contributed by atoms with Crippen molar-refractivity contribution >= 4 is 0 Å². The van der Waals surface area contributed by atoms with Crippen LogP contribution in [0.1, 0.15) is 17.0 Å². The molecule has 0 bridgehead atoms. The van der Waals surface area contributed by atoms with E-state index >= 15 is 0 Å². The molecule has 0 aliphatic heterocycles. The summed E-state index contributed by atoms with van der Waals surface area (Å²) in [5, 5.41) is 0. The van der Waals surface area contributed by atoms with Crippen molar-refractivity contribution in [2.24, 2.45) is 5.73 Å². The van der Waals surface area contributed by atoms with Crippen LogP contribution in [-0.2, 0) is 6.18 Å². The Hall–Kier alpha value is -2.08. The van der Waals surface area contributed by atoms with Gasteiger partial charge in [-0.05, 0) is 23.8 Å². The van der Waals surface area contributed by atoms with Gasteiger partial charge in [0.2, 0.25) is 0 Å². The van der Waals surface area contributed by atoms with Gasteiger partial charge in [-0.2, -0.15) is 13.2 Å². The topological polar surface area (TPSA) is 35.2 Å². The van der Waals surface area contributed by atoms with Gasteiger partial charge in [-0.15, -0.1) is 0 Å². The summed E-state index contributed by atoms with van der Waals surface area (Å²) in [6.45, 7) is -0.175. The molecular weight excluding hydrogens is 298 g/mol. The van der Waals surface area contributed by atoms with E-state index in [0.29, 0.717) is 0 Å². The van der Waals surface area contributed by atoms with Crippen molar-refractivity contribution in [3.63, 3.8) is 0 Å². The highest BCUT2D eigenvalue weighted by Crippen LogP contribution is 2.35. The molecule has 1 atom stereocenters. The molecule has 1 unspecified atom stereocenters. The second kappa shape index (κ2) is 6.79. The summed E-state index contributed by atoms with van der Waals surface area (Å²) in [5.74, 6) is -1.26. The van der Waals surface area contributed by atoms with Crippen LogP contribution in [0.15, 0.2) is 48.5 Å². The van der Waals surface area contributed by atoms with Crippen LogP contribution in [0.5, 0.6) is 5.75 Å². The fourth-order valence-corrected chi connectivity index (χ4v) is 2.15. The number of rotatable bonds is 5. The minimum atomic E-state index is -4.47. The molecule has 0 spiro atoms. The van der Waals surface area contributed by atoms with Gasteiger partial charge in [0.15, 0.2) is 11.6 Å². The molecule has 0 saturated carbocycles. The summed E-state index contributed by atoms with van der Waals surface area (Å²) in [6.07, 6.45) is -4.47. The minimum Gasteiger partial charge on any atom is -0.490 e. The standard InChI is InChI=1S/C16H15F4NO/c17-14-7-3-4-8-15(14)22-10-11(9-21)12-5-1-2-6-13(12)16(18,19)20/h1-8,11H,9-10,21H2. The van der Waals surface area contributed by atoms with Crippen molar-refractivity contribution in [1.29, 1.82) is 0 Å². The van der Waals surface area contributed by atoms with Crippen molar-refractivity contribution in [2.45, 2.75) is 12.1 Å². The lowest BCUT2D eigenvalue weighted by molar-refractivity contribution is -0.138. The largest absolute Gasteiger partial charge is 0.490 e. The average Bonchev–Trinajstić information content (AvgIpc) is 2.49. The molecular formula is C16H15F4NO. The van der Waals surface area contributed by atoms with E-state index in [1.165, 1.54) is 36.4 Å². The average molecular weight is 313 g/mol. The third-order valence-corrected chi connectivity index (χ3v) is 3.27. The van der Waals surface area contributed by atoms with Crippen molar-refractivity contribution in [2.75, 3.05) is 13.2 Å². The lowest BCUT2D eigenvalue weighted by atomic mass is 9.94. The van der Waals surface area contributed by atoms with E-state index in [2.05, 4.69) is 0 Å². The van der Waals surface area contributed by atoms with Crippen molar-refractivity contribution < 1.29 is 22.3 Å². The SMILES string of the molecule is NCC(COc1ccccc1F)c1ccccc1C(F)(F)F. The van der Waals surface area contributed by atoms with E-state index in [4.69, 9.17) is 10.5 Å². The van der Waals surface area contributed by atoms with Crippen LogP contribution in [0, 0.1) is 5.82 Å². The first kappa shape index (κ1) is 16.3. The molecule has 0 aliphatic rings. The predicted octanol–water partition coefficient (Wildman–Crippen LogP) is 3.97. The number of benzene rings is 2. The van der Waals surface area contributed by atoms with E-state index in [0.717, 1.165) is 6.07 Å². The molecule has 2 aromatic carbocycles. The summed E-state index contributed by atoms with van der Waals surface area (Å²) in [6, 6.07) is 10.9. The molecule has 0 aliphatic carbocycles. The molecule has 0 saturated heterocycles. The zero-order valence-electron chi connectivity index (χ0n) is 11.6. The Kier molecular flexibility index (Phi) is 5.03. The maximum absolute atomic E-state index is 13.5. The highest BCUT2D eigenvalue weighted by Gasteiger charge is 2.34. The van der Waals surface area contributed by atoms with Gasteiger partial charge in [-0.1, -0.05) is 30.3 Å². The third kappa shape index (κ3) is 3.76. The second-order valence-corrected chi connectivity index (χ2v) is 4.76. The maximum Gasteiger partial charge on any atom is 0.416 e. The van der Waals surface area contributed by atoms with Crippen LogP contribution in [0.2, 0.25) is 0 Å². The van der Waals surface area contributed by atoms with Gasteiger partial charge in [0.05, 0.1) is 12.2 Å². The molecule has 2 aromatic rings. The van der Waals surface area contributed by atoms with Crippen LogP contribution in [0.3, 0.4) is 0 Å². The Morgan fingerprint density at radius 3 is 2.27 bits per heavy atom. The molecule has 118 valence electrons. The van der Waals surface area contributed by atoms with Crippen molar-refractivity contribution in [3.8, 4) is 5.75 Å². The van der Waals surface area contributed by atoms with Crippen LogP contribution in [-0.4, -0.2) is 13.2 Å². The van der Waals surface area contributed by atoms with E-state index < -0.39 is 23.5 Å². The number of hydrogen-bond donors (Lipinski definition) is 1. The Labute approximate surface area is 125 Å². The molecule has 2 N–H and O–H groups in total. The predicted molar refractivity (Wildman–Crippen MR) is 75.1 cm³/mol. The summed E-state index contributed by atoms with van der Waals surface area (Å²) >= 11 is 0. The summed E-state index contributed by atoms with van der Waals surface area (Å²) in [5.41, 5.74) is 4.88. The van der Waals surface area contributed by atoms with E-state index in [9.17, 15) is 17.6 Å². The quantitative estimate of drug-likeness (QED) is 0.848. The lowest BCUT2D eigenvalue weighted by Crippen LogP contribution is -2.23. The number of ether oxygens (including phenoxy) is 1. The molecule has 2 nitrogen and oxygen atoms in total. The highest BCUT2D eigenvalue weighted by atomic mass is 19.4. The minimum absolute atomic E-state index is 0.00885. The number of para-hydroxylation sites is 1. The van der Waals surface area contributed by atoms with Crippen LogP contribution in [0.4, 0.5) is 17.6 Å². The van der Waals surface area contributed by atoms with Crippen LogP contribution < -0.4 is 10.5 Å². The summed E-state index contributed by atoms with van der Waals surface area (Å²) in [4.78, 5) is 0. The lowest BCUT2D eigenvalue weighted by Gasteiger charge is -2.21. The van der Waals surface area contributed by atoms with E-state index in [-0.39, 0.29) is 24.5 Å². The Bertz CT molecular complexity index is 628. The number of hydrogen-bond acceptors (Lipinski definition) is 2. The fourth-order valence-electron chi connectivity index (χ4n) is 2.15. The molecule has 6 heteroatoms. The molecule has 0 heterocycles. The Morgan fingerprint density at radius 2 is 1.64 bits per heavy atom. The second-order valence-electron chi connectivity index (χ2n) is 4.76. The normalized spacial score (nSPS) is 13.0. The zero-order chi connectivity index (χ0) is 16.2. The molecule has 0 radical (unpaired) electrons. The van der Waals surface area contributed by atoms with Gasteiger partial charge >= 0.3 is 6.18 Å². The van der Waals surface area contributed by atoms with Crippen LogP contribution >= 0.6 is 0 Å². The summed E-state index contributed by atoms with van der Waals surface area (Å²) < 4.78 is 57.9. The summed E-state index contributed by atoms with van der Waals surface area (Å²) in [7, 11) is 0. The van der Waals surface area contributed by atoms with E-state index in [1.54, 1.807) is 6.07 Å². The van der Waals surface area contributed by atoms with Gasteiger partial charge in [-0.25, -0.2) is 4.39 Å². The first-order valence-electron chi connectivity index (χ1n) is 6.67. The zero-order valence-corrected chi connectivity index (χ0v) is 11.6. The number of halogens is 4. The fraction of sp³-hybridized carbons (Fsp3) is 0.250. The van der Waals surface area contributed by atoms with Gasteiger partial charge in [0.25, 0.3) is 0 Å². The monoisotopic (exact) mass is 313 g/mol. The number of nitrogens with two attached hydrogens (primary N) is 1. The molecule has 0 fully saturated rings. The third-order valence-electron chi connectivity index (χ3n) is 3.27. The Balaban J connectivity index is 2.21. The van der Waals surface area contributed by atoms with Crippen molar-refractivity contribution in [3.05, 3.63) is 65.5 Å². The first-order valence-corrected chi connectivity index (χ1v) is 6.67. The van der Waals surface area contributed by atoms with Gasteiger partial charge < -0.3 is 10.5 Å². The van der Waals surface area contributed by atoms with Crippen molar-refractivity contribution in [1.82, 2.24) is 0 Å². The molecule has 22 heavy (non-hydrogen) atoms. The highest BCUT2D eigenvalue weighted by molar-refractivity contribution is 5.33. The van der Waals surface area contributed by atoms with Gasteiger partial charge in [0, 0.05) is 12.5 Å².